The summed E-state index contributed by atoms with van der Waals surface area (Å²) in [6.45, 7) is 9.02. The van der Waals surface area contributed by atoms with Gasteiger partial charge in [-0.2, -0.15) is 0 Å². The Labute approximate surface area is 155 Å². The van der Waals surface area contributed by atoms with Gasteiger partial charge in [-0.1, -0.05) is 11.6 Å². The topological polar surface area (TPSA) is 64.0 Å². The van der Waals surface area contributed by atoms with Crippen LogP contribution in [0.25, 0.3) is 0 Å². The van der Waals surface area contributed by atoms with Gasteiger partial charge in [0.2, 0.25) is 0 Å². The van der Waals surface area contributed by atoms with E-state index in [9.17, 15) is 8.42 Å². The van der Waals surface area contributed by atoms with E-state index in [2.05, 4.69) is 10.3 Å². The molecule has 0 amide bonds. The molecule has 0 fully saturated rings. The maximum Gasteiger partial charge on any atom is 0.180 e. The van der Waals surface area contributed by atoms with Crippen LogP contribution >= 0.6 is 11.6 Å². The van der Waals surface area contributed by atoms with Crippen LogP contribution in [0.15, 0.2) is 35.7 Å². The van der Waals surface area contributed by atoms with E-state index in [0.29, 0.717) is 15.5 Å². The van der Waals surface area contributed by atoms with E-state index >= 15 is 0 Å². The molecule has 1 aromatic carbocycles. The molecule has 0 radical (unpaired) electrons. The number of rotatable bonds is 8. The Balaban J connectivity index is 1.99. The largest absolute Gasteiger partial charge is 0.337 e. The normalized spacial score (nSPS) is 12.5. The van der Waals surface area contributed by atoms with Gasteiger partial charge in [0.05, 0.1) is 17.0 Å². The van der Waals surface area contributed by atoms with Gasteiger partial charge in [-0.25, -0.2) is 13.4 Å². The Hall–Kier alpha value is -1.37. The number of halogens is 1. The molecule has 5 nitrogen and oxygen atoms in total. The van der Waals surface area contributed by atoms with Gasteiger partial charge < -0.3 is 9.88 Å². The fourth-order valence-electron chi connectivity index (χ4n) is 2.80. The summed E-state index contributed by atoms with van der Waals surface area (Å²) >= 11 is 6.08. The molecule has 2 rings (SSSR count). The molecular formula is C18H26ClN3O2S. The molecule has 0 saturated carbocycles. The molecule has 0 aliphatic heterocycles. The Morgan fingerprint density at radius 2 is 1.96 bits per heavy atom. The van der Waals surface area contributed by atoms with Crippen molar-refractivity contribution in [2.45, 2.75) is 51.1 Å². The Kier molecular flexibility index (Phi) is 6.30. The van der Waals surface area contributed by atoms with Crippen LogP contribution < -0.4 is 5.32 Å². The van der Waals surface area contributed by atoms with Gasteiger partial charge in [0.25, 0.3) is 0 Å². The van der Waals surface area contributed by atoms with Crippen molar-refractivity contribution in [1.29, 1.82) is 0 Å². The standard InChI is InChI=1S/C18H26ClN3O2S/c1-14-11-17(15(2)10-16(14)19)25(23,24)12-18(3,4)21-6-5-8-22-9-7-20-13-22/h7,9-11,13,21H,5-6,8,12H2,1-4H3. The van der Waals surface area contributed by atoms with Crippen molar-refractivity contribution >= 4 is 21.4 Å². The van der Waals surface area contributed by atoms with Gasteiger partial charge >= 0.3 is 0 Å². The van der Waals surface area contributed by atoms with Crippen molar-refractivity contribution < 1.29 is 8.42 Å². The van der Waals surface area contributed by atoms with E-state index in [0.717, 1.165) is 25.1 Å². The van der Waals surface area contributed by atoms with Crippen molar-refractivity contribution in [3.8, 4) is 0 Å². The van der Waals surface area contributed by atoms with Crippen LogP contribution in [0.1, 0.15) is 31.4 Å². The van der Waals surface area contributed by atoms with Crippen molar-refractivity contribution in [2.75, 3.05) is 12.3 Å². The summed E-state index contributed by atoms with van der Waals surface area (Å²) in [4.78, 5) is 4.37. The highest BCUT2D eigenvalue weighted by atomic mass is 35.5. The molecule has 25 heavy (non-hydrogen) atoms. The maximum absolute atomic E-state index is 12.9. The second-order valence-corrected chi connectivity index (χ2v) is 9.46. The van der Waals surface area contributed by atoms with E-state index < -0.39 is 15.4 Å². The van der Waals surface area contributed by atoms with Crippen LogP contribution in [-0.2, 0) is 16.4 Å². The molecule has 1 heterocycles. The van der Waals surface area contributed by atoms with Gasteiger partial charge in [0.1, 0.15) is 0 Å². The lowest BCUT2D eigenvalue weighted by molar-refractivity contribution is 0.412. The Morgan fingerprint density at radius 1 is 1.24 bits per heavy atom. The second-order valence-electron chi connectivity index (χ2n) is 7.09. The van der Waals surface area contributed by atoms with Gasteiger partial charge in [0.15, 0.2) is 9.84 Å². The lowest BCUT2D eigenvalue weighted by Gasteiger charge is -2.26. The number of sulfone groups is 1. The molecule has 138 valence electrons. The molecule has 0 bridgehead atoms. The fraction of sp³-hybridized carbons (Fsp3) is 0.500. The number of hydrogen-bond donors (Lipinski definition) is 1. The average Bonchev–Trinajstić information content (AvgIpc) is 2.99. The molecular weight excluding hydrogens is 358 g/mol. The lowest BCUT2D eigenvalue weighted by atomic mass is 10.1. The lowest BCUT2D eigenvalue weighted by Crippen LogP contribution is -2.45. The summed E-state index contributed by atoms with van der Waals surface area (Å²) in [6, 6.07) is 3.39. The number of hydrogen-bond acceptors (Lipinski definition) is 4. The summed E-state index contributed by atoms with van der Waals surface area (Å²) < 4.78 is 27.7. The first-order valence-electron chi connectivity index (χ1n) is 8.31. The number of nitrogens with zero attached hydrogens (tertiary/aromatic N) is 2. The zero-order chi connectivity index (χ0) is 18.7. The van der Waals surface area contributed by atoms with E-state index in [4.69, 9.17) is 11.6 Å². The summed E-state index contributed by atoms with van der Waals surface area (Å²) in [5.74, 6) is 0.0347. The quantitative estimate of drug-likeness (QED) is 0.709. The Morgan fingerprint density at radius 3 is 2.60 bits per heavy atom. The fourth-order valence-corrected chi connectivity index (χ4v) is 5.13. The van der Waals surface area contributed by atoms with Gasteiger partial charge in [-0.15, -0.1) is 0 Å². The number of aryl methyl sites for hydroxylation is 3. The van der Waals surface area contributed by atoms with Crippen LogP contribution in [0.4, 0.5) is 0 Å². The minimum Gasteiger partial charge on any atom is -0.337 e. The minimum absolute atomic E-state index is 0.0347. The molecule has 0 unspecified atom stereocenters. The van der Waals surface area contributed by atoms with Crippen molar-refractivity contribution in [2.24, 2.45) is 0 Å². The number of benzene rings is 1. The highest BCUT2D eigenvalue weighted by Crippen LogP contribution is 2.26. The molecule has 0 saturated heterocycles. The predicted octanol–water partition coefficient (Wildman–Crippen LogP) is 3.39. The first-order valence-corrected chi connectivity index (χ1v) is 10.3. The van der Waals surface area contributed by atoms with E-state index in [1.54, 1.807) is 31.6 Å². The van der Waals surface area contributed by atoms with Crippen molar-refractivity contribution in [1.82, 2.24) is 14.9 Å². The van der Waals surface area contributed by atoms with Gasteiger partial charge in [0, 0.05) is 29.5 Å². The second kappa shape index (κ2) is 7.89. The van der Waals surface area contributed by atoms with Crippen LogP contribution in [0.5, 0.6) is 0 Å². The number of imidazole rings is 1. The highest BCUT2D eigenvalue weighted by Gasteiger charge is 2.28. The minimum atomic E-state index is -3.40. The summed E-state index contributed by atoms with van der Waals surface area (Å²) in [5.41, 5.74) is 0.941. The Bertz CT molecular complexity index is 815. The summed E-state index contributed by atoms with van der Waals surface area (Å²) in [7, 11) is -3.40. The highest BCUT2D eigenvalue weighted by molar-refractivity contribution is 7.91. The number of aromatic nitrogens is 2. The SMILES string of the molecule is Cc1cc(S(=O)(=O)CC(C)(C)NCCCn2ccnc2)c(C)cc1Cl. The molecule has 7 heteroatoms. The van der Waals surface area contributed by atoms with Crippen molar-refractivity contribution in [3.63, 3.8) is 0 Å². The molecule has 0 atom stereocenters. The summed E-state index contributed by atoms with van der Waals surface area (Å²) in [6.07, 6.45) is 6.35. The molecule has 0 spiro atoms. The maximum atomic E-state index is 12.9. The molecule has 0 aliphatic rings. The van der Waals surface area contributed by atoms with Crippen LogP contribution in [0, 0.1) is 13.8 Å². The van der Waals surface area contributed by atoms with Crippen LogP contribution in [0.2, 0.25) is 5.02 Å². The zero-order valence-electron chi connectivity index (χ0n) is 15.2. The third-order valence-corrected chi connectivity index (χ3v) is 6.72. The van der Waals surface area contributed by atoms with E-state index in [1.165, 1.54) is 0 Å². The smallest absolute Gasteiger partial charge is 0.180 e. The molecule has 2 aromatic rings. The third-order valence-electron chi connectivity index (χ3n) is 4.10. The average molecular weight is 384 g/mol. The molecule has 1 aromatic heterocycles. The van der Waals surface area contributed by atoms with Gasteiger partial charge in [-0.3, -0.25) is 0 Å². The third kappa shape index (κ3) is 5.56. The van der Waals surface area contributed by atoms with Gasteiger partial charge in [-0.05, 0) is 63.9 Å². The summed E-state index contributed by atoms with van der Waals surface area (Å²) in [5, 5.41) is 3.94. The van der Waals surface area contributed by atoms with Crippen molar-refractivity contribution in [3.05, 3.63) is 47.0 Å². The first kappa shape index (κ1) is 19.9. The van der Waals surface area contributed by atoms with Crippen LogP contribution in [0.3, 0.4) is 0 Å². The first-order chi connectivity index (χ1) is 11.6. The molecule has 1 N–H and O–H groups in total. The van der Waals surface area contributed by atoms with Crippen LogP contribution in [-0.4, -0.2) is 35.8 Å². The number of nitrogens with one attached hydrogen (secondary N) is 1. The van der Waals surface area contributed by atoms with E-state index in [-0.39, 0.29) is 5.75 Å². The molecule has 0 aliphatic carbocycles. The van der Waals surface area contributed by atoms with E-state index in [1.807, 2.05) is 31.5 Å². The predicted molar refractivity (Wildman–Crippen MR) is 102 cm³/mol. The monoisotopic (exact) mass is 383 g/mol. The zero-order valence-corrected chi connectivity index (χ0v) is 16.8.